The van der Waals surface area contributed by atoms with Gasteiger partial charge in [0, 0.05) is 29.7 Å². The lowest BCUT2D eigenvalue weighted by molar-refractivity contribution is -0.184. The van der Waals surface area contributed by atoms with E-state index in [2.05, 4.69) is 0 Å². The minimum absolute atomic E-state index is 0.0469. The molecular formula is C16H19NO5. The van der Waals surface area contributed by atoms with Gasteiger partial charge in [-0.2, -0.15) is 0 Å². The van der Waals surface area contributed by atoms with Crippen molar-refractivity contribution < 1.29 is 24.2 Å². The number of carbonyl (C=O) groups is 2. The first kappa shape index (κ1) is 16.0. The number of hydrogen-bond acceptors (Lipinski definition) is 5. The van der Waals surface area contributed by atoms with Crippen LogP contribution in [0.4, 0.5) is 0 Å². The fraction of sp³-hybridized carbons (Fsp3) is 0.375. The molecule has 0 aliphatic carbocycles. The van der Waals surface area contributed by atoms with Crippen LogP contribution in [-0.4, -0.2) is 34.8 Å². The van der Waals surface area contributed by atoms with Crippen LogP contribution >= 0.6 is 0 Å². The number of aromatic nitrogens is 1. The summed E-state index contributed by atoms with van der Waals surface area (Å²) in [4.78, 5) is 24.5. The van der Waals surface area contributed by atoms with Crippen LogP contribution in [0.1, 0.15) is 19.4 Å². The first-order valence-electron chi connectivity index (χ1n) is 7.08. The zero-order chi connectivity index (χ0) is 16.3. The van der Waals surface area contributed by atoms with Crippen LogP contribution in [0, 0.1) is 0 Å². The lowest BCUT2D eigenvalue weighted by Gasteiger charge is -2.23. The van der Waals surface area contributed by atoms with E-state index in [0.29, 0.717) is 5.39 Å². The molecule has 0 fully saturated rings. The van der Waals surface area contributed by atoms with E-state index >= 15 is 0 Å². The topological polar surface area (TPSA) is 77.8 Å². The Morgan fingerprint density at radius 3 is 2.23 bits per heavy atom. The van der Waals surface area contributed by atoms with Crippen LogP contribution in [0.3, 0.4) is 0 Å². The molecule has 0 saturated heterocycles. The number of para-hydroxylation sites is 1. The van der Waals surface area contributed by atoms with Gasteiger partial charge in [0.05, 0.1) is 13.2 Å². The van der Waals surface area contributed by atoms with Gasteiger partial charge in [0.2, 0.25) is 0 Å². The molecule has 0 bridgehead atoms. The van der Waals surface area contributed by atoms with E-state index in [0.717, 1.165) is 5.52 Å². The smallest absolute Gasteiger partial charge is 0.355 e. The SMILES string of the molecule is CCOC(=O)C(O)(C(=O)OCC)c1cn(C)c2ccccc12. The molecule has 0 radical (unpaired) electrons. The predicted molar refractivity (Wildman–Crippen MR) is 80.1 cm³/mol. The van der Waals surface area contributed by atoms with E-state index in [-0.39, 0.29) is 18.8 Å². The van der Waals surface area contributed by atoms with Crippen LogP contribution in [0.15, 0.2) is 30.5 Å². The van der Waals surface area contributed by atoms with Crippen molar-refractivity contribution in [3.63, 3.8) is 0 Å². The summed E-state index contributed by atoms with van der Waals surface area (Å²) in [6, 6.07) is 7.16. The van der Waals surface area contributed by atoms with Gasteiger partial charge in [-0.25, -0.2) is 9.59 Å². The average molecular weight is 305 g/mol. The third-order valence-electron chi connectivity index (χ3n) is 3.43. The van der Waals surface area contributed by atoms with Crippen LogP contribution in [0.5, 0.6) is 0 Å². The van der Waals surface area contributed by atoms with Crippen molar-refractivity contribution in [1.82, 2.24) is 4.57 Å². The van der Waals surface area contributed by atoms with Crippen molar-refractivity contribution >= 4 is 22.8 Å². The van der Waals surface area contributed by atoms with Crippen LogP contribution < -0.4 is 0 Å². The highest BCUT2D eigenvalue weighted by molar-refractivity contribution is 6.07. The molecule has 0 amide bonds. The van der Waals surface area contributed by atoms with E-state index in [1.807, 2.05) is 12.1 Å². The lowest BCUT2D eigenvalue weighted by atomic mass is 9.93. The van der Waals surface area contributed by atoms with Crippen LogP contribution in [-0.2, 0) is 31.7 Å². The summed E-state index contributed by atoms with van der Waals surface area (Å²) < 4.78 is 11.5. The Balaban J connectivity index is 2.66. The molecule has 1 N–H and O–H groups in total. The third kappa shape index (κ3) is 2.46. The number of ether oxygens (including phenoxy) is 2. The highest BCUT2D eigenvalue weighted by Crippen LogP contribution is 2.32. The van der Waals surface area contributed by atoms with Gasteiger partial charge < -0.3 is 19.1 Å². The van der Waals surface area contributed by atoms with Gasteiger partial charge in [-0.05, 0) is 19.9 Å². The van der Waals surface area contributed by atoms with E-state index in [4.69, 9.17) is 9.47 Å². The van der Waals surface area contributed by atoms with E-state index in [1.54, 1.807) is 43.8 Å². The number of esters is 2. The number of fused-ring (bicyclic) bond motifs is 1. The molecule has 1 aromatic heterocycles. The van der Waals surface area contributed by atoms with Gasteiger partial charge in [0.1, 0.15) is 0 Å². The number of rotatable bonds is 5. The number of benzene rings is 1. The summed E-state index contributed by atoms with van der Waals surface area (Å²) in [7, 11) is 1.77. The van der Waals surface area contributed by atoms with E-state index < -0.39 is 17.5 Å². The molecule has 0 aliphatic heterocycles. The van der Waals surface area contributed by atoms with Crippen LogP contribution in [0.25, 0.3) is 10.9 Å². The van der Waals surface area contributed by atoms with Gasteiger partial charge in [0.25, 0.3) is 5.60 Å². The highest BCUT2D eigenvalue weighted by atomic mass is 16.6. The van der Waals surface area contributed by atoms with Gasteiger partial charge in [-0.15, -0.1) is 0 Å². The molecule has 1 aromatic carbocycles. The number of aryl methyl sites for hydroxylation is 1. The van der Waals surface area contributed by atoms with Crippen molar-refractivity contribution in [2.45, 2.75) is 19.4 Å². The van der Waals surface area contributed by atoms with Crippen LogP contribution in [0.2, 0.25) is 0 Å². The molecule has 0 atom stereocenters. The maximum Gasteiger partial charge on any atom is 0.355 e. The summed E-state index contributed by atoms with van der Waals surface area (Å²) in [5.74, 6) is -2.07. The molecule has 6 heteroatoms. The fourth-order valence-corrected chi connectivity index (χ4v) is 2.40. The summed E-state index contributed by atoms with van der Waals surface area (Å²) in [6.45, 7) is 3.30. The molecule has 2 rings (SSSR count). The maximum atomic E-state index is 12.3. The molecular weight excluding hydrogens is 286 g/mol. The average Bonchev–Trinajstić information content (AvgIpc) is 2.85. The molecule has 6 nitrogen and oxygen atoms in total. The van der Waals surface area contributed by atoms with Gasteiger partial charge in [0.15, 0.2) is 0 Å². The summed E-state index contributed by atoms with van der Waals surface area (Å²) in [6.07, 6.45) is 1.54. The molecule has 2 aromatic rings. The fourth-order valence-electron chi connectivity index (χ4n) is 2.40. The Bertz CT molecular complexity index is 686. The highest BCUT2D eigenvalue weighted by Gasteiger charge is 2.50. The monoisotopic (exact) mass is 305 g/mol. The van der Waals surface area contributed by atoms with Gasteiger partial charge in [-0.1, -0.05) is 18.2 Å². The van der Waals surface area contributed by atoms with Crippen molar-refractivity contribution in [3.05, 3.63) is 36.0 Å². The Morgan fingerprint density at radius 2 is 1.68 bits per heavy atom. The van der Waals surface area contributed by atoms with E-state index in [1.165, 1.54) is 0 Å². The van der Waals surface area contributed by atoms with Crippen molar-refractivity contribution in [2.24, 2.45) is 7.05 Å². The quantitative estimate of drug-likeness (QED) is 0.669. The largest absolute Gasteiger partial charge is 0.463 e. The molecule has 1 heterocycles. The Hall–Kier alpha value is -2.34. The molecule has 22 heavy (non-hydrogen) atoms. The molecule has 0 saturated carbocycles. The first-order valence-corrected chi connectivity index (χ1v) is 7.08. The van der Waals surface area contributed by atoms with Crippen molar-refractivity contribution in [1.29, 1.82) is 0 Å². The molecule has 0 aliphatic rings. The molecule has 0 unspecified atom stereocenters. The third-order valence-corrected chi connectivity index (χ3v) is 3.43. The predicted octanol–water partition coefficient (Wildman–Crippen LogP) is 1.49. The first-order chi connectivity index (χ1) is 10.5. The minimum atomic E-state index is -2.48. The molecule has 118 valence electrons. The Labute approximate surface area is 128 Å². The number of nitrogens with zero attached hydrogens (tertiary/aromatic N) is 1. The summed E-state index contributed by atoms with van der Waals surface area (Å²) in [5.41, 5.74) is -1.54. The van der Waals surface area contributed by atoms with Crippen molar-refractivity contribution in [2.75, 3.05) is 13.2 Å². The summed E-state index contributed by atoms with van der Waals surface area (Å²) >= 11 is 0. The Morgan fingerprint density at radius 1 is 1.14 bits per heavy atom. The number of aliphatic hydroxyl groups is 1. The number of hydrogen-bond donors (Lipinski definition) is 1. The normalized spacial score (nSPS) is 11.5. The van der Waals surface area contributed by atoms with Gasteiger partial charge in [-0.3, -0.25) is 0 Å². The summed E-state index contributed by atoms with van der Waals surface area (Å²) in [5, 5.41) is 11.4. The Kier molecular flexibility index (Phi) is 4.51. The zero-order valence-electron chi connectivity index (χ0n) is 12.8. The molecule has 0 spiro atoms. The lowest BCUT2D eigenvalue weighted by Crippen LogP contribution is -2.46. The second kappa shape index (κ2) is 6.19. The maximum absolute atomic E-state index is 12.3. The number of carbonyl (C=O) groups excluding carboxylic acids is 2. The zero-order valence-corrected chi connectivity index (χ0v) is 12.8. The van der Waals surface area contributed by atoms with Crippen molar-refractivity contribution in [3.8, 4) is 0 Å². The second-order valence-electron chi connectivity index (χ2n) is 4.82. The minimum Gasteiger partial charge on any atom is -0.463 e. The van der Waals surface area contributed by atoms with Gasteiger partial charge >= 0.3 is 11.9 Å². The standard InChI is InChI=1S/C16H19NO5/c1-4-21-14(18)16(20,15(19)22-5-2)12-10-17(3)13-9-7-6-8-11(12)13/h6-10,20H,4-5H2,1-3H3. The van der Waals surface area contributed by atoms with E-state index in [9.17, 15) is 14.7 Å². The second-order valence-corrected chi connectivity index (χ2v) is 4.82.